The molecule has 0 aromatic carbocycles. The summed E-state index contributed by atoms with van der Waals surface area (Å²) in [5.41, 5.74) is 2.16. The van der Waals surface area contributed by atoms with E-state index < -0.39 is 5.60 Å². The van der Waals surface area contributed by atoms with Gasteiger partial charge in [0, 0.05) is 36.6 Å². The van der Waals surface area contributed by atoms with E-state index in [1.54, 1.807) is 4.90 Å². The molecule has 1 aliphatic carbocycles. The van der Waals surface area contributed by atoms with Gasteiger partial charge in [-0.25, -0.2) is 9.78 Å². The fraction of sp³-hybridized carbons (Fsp3) is 0.500. The molecule has 7 heteroatoms. The normalized spacial score (nSPS) is 18.3. The van der Waals surface area contributed by atoms with Crippen LogP contribution in [0.25, 0.3) is 16.6 Å². The van der Waals surface area contributed by atoms with E-state index in [-0.39, 0.29) is 11.5 Å². The van der Waals surface area contributed by atoms with Crippen molar-refractivity contribution in [3.63, 3.8) is 0 Å². The molecule has 1 amide bonds. The van der Waals surface area contributed by atoms with E-state index in [0.29, 0.717) is 19.6 Å². The SMILES string of the molecule is CC(C)(C)OC(=O)N1CCC=C(c2cc(NCC3(C=O)CC3)nc3[nH]ccc23)C1. The number of pyridine rings is 1. The summed E-state index contributed by atoms with van der Waals surface area (Å²) in [6, 6.07) is 4.02. The fourth-order valence-corrected chi connectivity index (χ4v) is 3.58. The van der Waals surface area contributed by atoms with Crippen LogP contribution in [-0.4, -0.2) is 52.5 Å². The highest BCUT2D eigenvalue weighted by atomic mass is 16.6. The largest absolute Gasteiger partial charge is 0.444 e. The Bertz CT molecular complexity index is 966. The molecule has 29 heavy (non-hydrogen) atoms. The van der Waals surface area contributed by atoms with Gasteiger partial charge in [0.05, 0.1) is 0 Å². The maximum Gasteiger partial charge on any atom is 0.410 e. The van der Waals surface area contributed by atoms with Crippen LogP contribution in [0.2, 0.25) is 0 Å². The number of nitrogens with one attached hydrogen (secondary N) is 2. The monoisotopic (exact) mass is 396 g/mol. The number of hydrogen-bond donors (Lipinski definition) is 2. The van der Waals surface area contributed by atoms with Crippen LogP contribution in [0.5, 0.6) is 0 Å². The molecule has 3 heterocycles. The van der Waals surface area contributed by atoms with E-state index in [1.165, 1.54) is 0 Å². The topological polar surface area (TPSA) is 87.3 Å². The standard InChI is InChI=1S/C22H28N4O3/c1-21(2,3)29-20(28)26-10-4-5-15(12-26)17-11-18(24-13-22(14-27)7-8-22)25-19-16(17)6-9-23-19/h5-6,9,11,14H,4,7-8,10,12-13H2,1-3H3,(H2,23,24,25). The summed E-state index contributed by atoms with van der Waals surface area (Å²) in [5.74, 6) is 0.735. The molecule has 0 radical (unpaired) electrons. The van der Waals surface area contributed by atoms with E-state index in [2.05, 4.69) is 21.4 Å². The van der Waals surface area contributed by atoms with Crippen molar-refractivity contribution in [1.82, 2.24) is 14.9 Å². The molecule has 0 saturated heterocycles. The molecule has 1 fully saturated rings. The Morgan fingerprint density at radius 1 is 1.41 bits per heavy atom. The molecule has 2 aromatic rings. The minimum atomic E-state index is -0.516. The lowest BCUT2D eigenvalue weighted by Gasteiger charge is -2.30. The lowest BCUT2D eigenvalue weighted by atomic mass is 9.99. The summed E-state index contributed by atoms with van der Waals surface area (Å²) < 4.78 is 5.55. The van der Waals surface area contributed by atoms with E-state index in [4.69, 9.17) is 4.74 Å². The highest BCUT2D eigenvalue weighted by Crippen LogP contribution is 2.43. The van der Waals surface area contributed by atoms with Crippen molar-refractivity contribution in [2.45, 2.75) is 45.6 Å². The summed E-state index contributed by atoms with van der Waals surface area (Å²) in [4.78, 5) is 33.4. The van der Waals surface area contributed by atoms with Crippen LogP contribution in [0.4, 0.5) is 10.6 Å². The molecular weight excluding hydrogens is 368 g/mol. The first kappa shape index (κ1) is 19.5. The second-order valence-corrected chi connectivity index (χ2v) is 9.05. The van der Waals surface area contributed by atoms with Crippen LogP contribution in [0, 0.1) is 5.41 Å². The predicted octanol–water partition coefficient (Wildman–Crippen LogP) is 3.98. The smallest absolute Gasteiger partial charge is 0.410 e. The Hall–Kier alpha value is -2.83. The quantitative estimate of drug-likeness (QED) is 0.747. The highest BCUT2D eigenvalue weighted by molar-refractivity contribution is 5.93. The van der Waals surface area contributed by atoms with Crippen molar-refractivity contribution in [1.29, 1.82) is 0 Å². The van der Waals surface area contributed by atoms with Crippen molar-refractivity contribution in [2.75, 3.05) is 25.0 Å². The summed E-state index contributed by atoms with van der Waals surface area (Å²) in [6.45, 7) is 7.37. The number of aromatic nitrogens is 2. The minimum Gasteiger partial charge on any atom is -0.444 e. The maximum atomic E-state index is 12.5. The van der Waals surface area contributed by atoms with Crippen molar-refractivity contribution >= 4 is 34.8 Å². The predicted molar refractivity (Wildman–Crippen MR) is 113 cm³/mol. The zero-order valence-corrected chi connectivity index (χ0v) is 17.2. The van der Waals surface area contributed by atoms with Crippen LogP contribution in [0.1, 0.15) is 45.6 Å². The average Bonchev–Trinajstić information content (AvgIpc) is 3.32. The van der Waals surface area contributed by atoms with Gasteiger partial charge in [0.2, 0.25) is 0 Å². The number of anilines is 1. The first-order valence-corrected chi connectivity index (χ1v) is 10.1. The molecule has 1 aliphatic heterocycles. The first-order valence-electron chi connectivity index (χ1n) is 10.1. The molecule has 154 valence electrons. The van der Waals surface area contributed by atoms with Gasteiger partial charge in [-0.3, -0.25) is 0 Å². The summed E-state index contributed by atoms with van der Waals surface area (Å²) >= 11 is 0. The van der Waals surface area contributed by atoms with E-state index in [0.717, 1.165) is 53.5 Å². The summed E-state index contributed by atoms with van der Waals surface area (Å²) in [6.07, 6.45) is 7.45. The van der Waals surface area contributed by atoms with Gasteiger partial charge >= 0.3 is 6.09 Å². The molecule has 4 rings (SSSR count). The van der Waals surface area contributed by atoms with Gasteiger partial charge in [-0.15, -0.1) is 0 Å². The number of fused-ring (bicyclic) bond motifs is 1. The lowest BCUT2D eigenvalue weighted by molar-refractivity contribution is -0.111. The number of ether oxygens (including phenoxy) is 1. The zero-order valence-electron chi connectivity index (χ0n) is 17.2. The van der Waals surface area contributed by atoms with Crippen molar-refractivity contribution in [2.24, 2.45) is 5.41 Å². The van der Waals surface area contributed by atoms with Crippen molar-refractivity contribution in [3.8, 4) is 0 Å². The van der Waals surface area contributed by atoms with Gasteiger partial charge < -0.3 is 24.7 Å². The third kappa shape index (κ3) is 4.28. The van der Waals surface area contributed by atoms with Crippen molar-refractivity contribution < 1.29 is 14.3 Å². The Labute approximate surface area is 170 Å². The molecule has 0 atom stereocenters. The van der Waals surface area contributed by atoms with Crippen LogP contribution in [-0.2, 0) is 9.53 Å². The second-order valence-electron chi connectivity index (χ2n) is 9.05. The summed E-state index contributed by atoms with van der Waals surface area (Å²) in [5, 5.41) is 4.35. The molecule has 2 aliphatic rings. The average molecular weight is 396 g/mol. The van der Waals surface area contributed by atoms with Gasteiger partial charge in [-0.1, -0.05) is 6.08 Å². The highest BCUT2D eigenvalue weighted by Gasteiger charge is 2.42. The first-order chi connectivity index (χ1) is 13.8. The molecule has 0 spiro atoms. The molecular formula is C22H28N4O3. The summed E-state index contributed by atoms with van der Waals surface area (Å²) in [7, 11) is 0. The molecule has 7 nitrogen and oxygen atoms in total. The van der Waals surface area contributed by atoms with Crippen LogP contribution >= 0.6 is 0 Å². The van der Waals surface area contributed by atoms with Crippen molar-refractivity contribution in [3.05, 3.63) is 30.0 Å². The Kier molecular flexibility index (Phi) is 4.84. The minimum absolute atomic E-state index is 0.232. The number of aldehydes is 1. The lowest BCUT2D eigenvalue weighted by Crippen LogP contribution is -2.39. The molecule has 0 unspecified atom stereocenters. The number of aromatic amines is 1. The van der Waals surface area contributed by atoms with Crippen LogP contribution in [0.15, 0.2) is 24.4 Å². The van der Waals surface area contributed by atoms with E-state index in [1.807, 2.05) is 39.1 Å². The van der Waals surface area contributed by atoms with E-state index in [9.17, 15) is 9.59 Å². The number of rotatable bonds is 5. The third-order valence-electron chi connectivity index (χ3n) is 5.44. The zero-order chi connectivity index (χ0) is 20.6. The molecule has 2 N–H and O–H groups in total. The van der Waals surface area contributed by atoms with Crippen LogP contribution < -0.4 is 5.32 Å². The molecule has 1 saturated carbocycles. The van der Waals surface area contributed by atoms with Gasteiger partial charge in [-0.2, -0.15) is 0 Å². The van der Waals surface area contributed by atoms with Gasteiger partial charge in [0.25, 0.3) is 0 Å². The number of carbonyl (C=O) groups excluding carboxylic acids is 2. The van der Waals surface area contributed by atoms with E-state index >= 15 is 0 Å². The Morgan fingerprint density at radius 2 is 2.21 bits per heavy atom. The maximum absolute atomic E-state index is 12.5. The second kappa shape index (κ2) is 7.21. The van der Waals surface area contributed by atoms with Gasteiger partial charge in [0.15, 0.2) is 0 Å². The van der Waals surface area contributed by atoms with Gasteiger partial charge in [-0.05, 0) is 63.3 Å². The molecule has 0 bridgehead atoms. The number of amides is 1. The number of carbonyl (C=O) groups is 2. The van der Waals surface area contributed by atoms with Crippen LogP contribution in [0.3, 0.4) is 0 Å². The number of hydrogen-bond acceptors (Lipinski definition) is 5. The number of H-pyrrole nitrogens is 1. The third-order valence-corrected chi connectivity index (χ3v) is 5.44. The Morgan fingerprint density at radius 3 is 2.90 bits per heavy atom. The molecule has 2 aromatic heterocycles. The number of nitrogens with zero attached hydrogens (tertiary/aromatic N) is 2. The fourth-order valence-electron chi connectivity index (χ4n) is 3.58. The Balaban J connectivity index is 1.57. The van der Waals surface area contributed by atoms with Gasteiger partial charge in [0.1, 0.15) is 23.4 Å².